The second-order valence-electron chi connectivity index (χ2n) is 5.57. The Morgan fingerprint density at radius 3 is 2.41 bits per heavy atom. The molecule has 17 heavy (non-hydrogen) atoms. The van der Waals surface area contributed by atoms with Crippen molar-refractivity contribution in [2.75, 3.05) is 13.2 Å². The van der Waals surface area contributed by atoms with E-state index in [0.29, 0.717) is 0 Å². The van der Waals surface area contributed by atoms with Gasteiger partial charge in [-0.25, -0.2) is 4.39 Å². The summed E-state index contributed by atoms with van der Waals surface area (Å²) in [5.74, 6) is 0. The summed E-state index contributed by atoms with van der Waals surface area (Å²) in [6.45, 7) is 9.84. The first-order valence-corrected chi connectivity index (χ1v) is 8.49. The molecule has 0 aliphatic heterocycles. The Morgan fingerprint density at radius 1 is 1.47 bits per heavy atom. The number of nitrogens with zero attached hydrogens (tertiary/aromatic N) is 3. The zero-order chi connectivity index (χ0) is 13.7. The van der Waals surface area contributed by atoms with Gasteiger partial charge < -0.3 is 9.53 Å². The molecule has 2 atom stereocenters. The molecular weight excluding hydrogens is 241 g/mol. The van der Waals surface area contributed by atoms with Crippen LogP contribution in [0.25, 0.3) is 10.4 Å². The number of halogens is 1. The van der Waals surface area contributed by atoms with E-state index in [4.69, 9.17) is 9.96 Å². The van der Waals surface area contributed by atoms with Crippen LogP contribution in [0.5, 0.6) is 0 Å². The van der Waals surface area contributed by atoms with Crippen molar-refractivity contribution < 1.29 is 13.9 Å². The summed E-state index contributed by atoms with van der Waals surface area (Å²) in [5.41, 5.74) is 8.05. The standard InChI is InChI=1S/C10H22FN3O2Si/c1-10(2,3)17(4,5)16-7-9(15)8(11)6-13-14-12/h8-9,15H,6-7H2,1-5H3. The van der Waals surface area contributed by atoms with Crippen molar-refractivity contribution in [3.8, 4) is 0 Å². The Bertz CT molecular complexity index is 288. The molecule has 0 radical (unpaired) electrons. The van der Waals surface area contributed by atoms with E-state index in [1.54, 1.807) is 0 Å². The Hall–Kier alpha value is -0.623. The van der Waals surface area contributed by atoms with Gasteiger partial charge in [0.1, 0.15) is 12.3 Å². The molecule has 0 aromatic carbocycles. The van der Waals surface area contributed by atoms with Gasteiger partial charge in [-0.2, -0.15) is 0 Å². The minimum atomic E-state index is -1.97. The first-order chi connectivity index (χ1) is 7.62. The maximum Gasteiger partial charge on any atom is 0.192 e. The maximum absolute atomic E-state index is 13.3. The topological polar surface area (TPSA) is 78.2 Å². The summed E-state index contributed by atoms with van der Waals surface area (Å²) in [6.07, 6.45) is -2.81. The maximum atomic E-state index is 13.3. The molecular formula is C10H22FN3O2Si. The van der Waals surface area contributed by atoms with Crippen LogP contribution in [0.3, 0.4) is 0 Å². The Balaban J connectivity index is 4.24. The highest BCUT2D eigenvalue weighted by Gasteiger charge is 2.38. The van der Waals surface area contributed by atoms with Crippen molar-refractivity contribution in [1.82, 2.24) is 0 Å². The van der Waals surface area contributed by atoms with Crippen molar-refractivity contribution in [2.45, 2.75) is 51.2 Å². The second kappa shape index (κ2) is 6.35. The van der Waals surface area contributed by atoms with Gasteiger partial charge in [-0.1, -0.05) is 25.9 Å². The lowest BCUT2D eigenvalue weighted by Crippen LogP contribution is -2.44. The van der Waals surface area contributed by atoms with Gasteiger partial charge in [-0.15, -0.1) is 0 Å². The molecule has 5 nitrogen and oxygen atoms in total. The third kappa shape index (κ3) is 5.50. The Morgan fingerprint density at radius 2 is 2.00 bits per heavy atom. The molecule has 7 heteroatoms. The molecule has 0 amide bonds. The number of aliphatic hydroxyl groups is 1. The Labute approximate surface area is 103 Å². The van der Waals surface area contributed by atoms with Gasteiger partial charge in [0, 0.05) is 4.91 Å². The van der Waals surface area contributed by atoms with Crippen molar-refractivity contribution in [3.05, 3.63) is 10.4 Å². The van der Waals surface area contributed by atoms with Crippen LogP contribution < -0.4 is 0 Å². The number of alkyl halides is 1. The lowest BCUT2D eigenvalue weighted by Gasteiger charge is -2.36. The molecule has 0 bridgehead atoms. The molecule has 0 aromatic heterocycles. The largest absolute Gasteiger partial charge is 0.414 e. The second-order valence-corrected chi connectivity index (χ2v) is 10.4. The number of aliphatic hydroxyl groups excluding tert-OH is 1. The fraction of sp³-hybridized carbons (Fsp3) is 1.00. The number of azide groups is 1. The van der Waals surface area contributed by atoms with Crippen molar-refractivity contribution >= 4 is 8.32 Å². The van der Waals surface area contributed by atoms with E-state index in [9.17, 15) is 9.50 Å². The van der Waals surface area contributed by atoms with Gasteiger partial charge in [0.2, 0.25) is 0 Å². The molecule has 0 fully saturated rings. The van der Waals surface area contributed by atoms with E-state index in [1.807, 2.05) is 13.1 Å². The molecule has 0 aromatic rings. The lowest BCUT2D eigenvalue weighted by molar-refractivity contribution is 0.0363. The predicted octanol–water partition coefficient (Wildman–Crippen LogP) is 3.02. The highest BCUT2D eigenvalue weighted by molar-refractivity contribution is 6.74. The molecule has 0 aliphatic carbocycles. The van der Waals surface area contributed by atoms with Crippen LogP contribution in [-0.4, -0.2) is 38.9 Å². The summed E-state index contributed by atoms with van der Waals surface area (Å²) in [7, 11) is -1.97. The minimum absolute atomic E-state index is 0.0172. The SMILES string of the molecule is CC(C)(C)[Si](C)(C)OCC(O)C(F)CN=[N+]=[N-]. The monoisotopic (exact) mass is 263 g/mol. The normalized spacial score (nSPS) is 16.2. The molecule has 0 rings (SSSR count). The van der Waals surface area contributed by atoms with Crippen molar-refractivity contribution in [1.29, 1.82) is 0 Å². The smallest absolute Gasteiger partial charge is 0.192 e. The van der Waals surface area contributed by atoms with E-state index in [1.165, 1.54) is 0 Å². The highest BCUT2D eigenvalue weighted by Crippen LogP contribution is 2.36. The summed E-state index contributed by atoms with van der Waals surface area (Å²) < 4.78 is 18.9. The summed E-state index contributed by atoms with van der Waals surface area (Å²) in [6, 6.07) is 0. The van der Waals surface area contributed by atoms with E-state index < -0.39 is 20.6 Å². The van der Waals surface area contributed by atoms with E-state index in [2.05, 4.69) is 30.8 Å². The summed E-state index contributed by atoms with van der Waals surface area (Å²) >= 11 is 0. The van der Waals surface area contributed by atoms with Crippen LogP contribution in [0.1, 0.15) is 20.8 Å². The van der Waals surface area contributed by atoms with Gasteiger partial charge in [0.25, 0.3) is 0 Å². The molecule has 0 heterocycles. The van der Waals surface area contributed by atoms with Gasteiger partial charge in [-0.05, 0) is 23.7 Å². The molecule has 0 saturated heterocycles. The van der Waals surface area contributed by atoms with Gasteiger partial charge >= 0.3 is 0 Å². The summed E-state index contributed by atoms with van der Waals surface area (Å²) in [5, 5.41) is 12.6. The van der Waals surface area contributed by atoms with Crippen LogP contribution in [0.2, 0.25) is 18.1 Å². The van der Waals surface area contributed by atoms with Crippen molar-refractivity contribution in [3.63, 3.8) is 0 Å². The molecule has 0 saturated carbocycles. The number of hydrogen-bond acceptors (Lipinski definition) is 3. The predicted molar refractivity (Wildman–Crippen MR) is 68.1 cm³/mol. The first kappa shape index (κ1) is 16.4. The zero-order valence-electron chi connectivity index (χ0n) is 11.1. The third-order valence-corrected chi connectivity index (χ3v) is 7.66. The lowest BCUT2D eigenvalue weighted by atomic mass is 10.2. The number of hydrogen-bond donors (Lipinski definition) is 1. The molecule has 1 N–H and O–H groups in total. The van der Waals surface area contributed by atoms with E-state index in [-0.39, 0.29) is 18.2 Å². The fourth-order valence-corrected chi connectivity index (χ4v) is 1.87. The zero-order valence-corrected chi connectivity index (χ0v) is 12.1. The molecule has 0 aliphatic rings. The van der Waals surface area contributed by atoms with Crippen LogP contribution in [0.15, 0.2) is 5.11 Å². The van der Waals surface area contributed by atoms with Crippen molar-refractivity contribution in [2.24, 2.45) is 5.11 Å². The first-order valence-electron chi connectivity index (χ1n) is 5.59. The molecule has 2 unspecified atom stereocenters. The summed E-state index contributed by atoms with van der Waals surface area (Å²) in [4.78, 5) is 2.45. The van der Waals surface area contributed by atoms with Gasteiger partial charge in [0.05, 0.1) is 13.2 Å². The van der Waals surface area contributed by atoms with Gasteiger partial charge in [-0.3, -0.25) is 0 Å². The minimum Gasteiger partial charge on any atom is -0.414 e. The third-order valence-electron chi connectivity index (χ3n) is 3.16. The van der Waals surface area contributed by atoms with Crippen LogP contribution in [0.4, 0.5) is 4.39 Å². The molecule has 100 valence electrons. The number of rotatable bonds is 6. The van der Waals surface area contributed by atoms with E-state index >= 15 is 0 Å². The van der Waals surface area contributed by atoms with Gasteiger partial charge in [0.15, 0.2) is 8.32 Å². The molecule has 0 spiro atoms. The van der Waals surface area contributed by atoms with E-state index in [0.717, 1.165) is 0 Å². The van der Waals surface area contributed by atoms with Crippen LogP contribution in [0, 0.1) is 0 Å². The fourth-order valence-electron chi connectivity index (χ4n) is 0.851. The van der Waals surface area contributed by atoms with Crippen LogP contribution >= 0.6 is 0 Å². The average molecular weight is 263 g/mol. The highest BCUT2D eigenvalue weighted by atomic mass is 28.4. The van der Waals surface area contributed by atoms with Crippen LogP contribution in [-0.2, 0) is 4.43 Å². The Kier molecular flexibility index (Phi) is 6.11. The average Bonchev–Trinajstić information content (AvgIpc) is 2.20. The quantitative estimate of drug-likeness (QED) is 0.346.